The zero-order valence-electron chi connectivity index (χ0n) is 15.4. The molecule has 0 saturated carbocycles. The minimum atomic E-state index is -0.00959. The van der Waals surface area contributed by atoms with Crippen molar-refractivity contribution in [2.45, 2.75) is 50.9 Å². The SMILES string of the molecule is CC(C)n1cnnc1SCC(=O)NCc1ccnc(N2CCCCC2)c1. The number of nitrogens with zero attached hydrogens (tertiary/aromatic N) is 5. The van der Waals surface area contributed by atoms with Gasteiger partial charge in [0.25, 0.3) is 0 Å². The summed E-state index contributed by atoms with van der Waals surface area (Å²) in [5.74, 6) is 1.33. The maximum atomic E-state index is 12.2. The van der Waals surface area contributed by atoms with E-state index in [1.54, 1.807) is 6.33 Å². The van der Waals surface area contributed by atoms with Crippen LogP contribution in [0.2, 0.25) is 0 Å². The van der Waals surface area contributed by atoms with E-state index in [1.807, 2.05) is 16.8 Å². The second-order valence-electron chi connectivity index (χ2n) is 6.75. The molecule has 3 heterocycles. The highest BCUT2D eigenvalue weighted by atomic mass is 32.2. The molecule has 26 heavy (non-hydrogen) atoms. The molecular formula is C18H26N6OS. The third-order valence-corrected chi connectivity index (χ3v) is 5.37. The molecule has 0 aromatic carbocycles. The number of hydrogen-bond acceptors (Lipinski definition) is 6. The van der Waals surface area contributed by atoms with E-state index in [2.05, 4.69) is 45.3 Å². The summed E-state index contributed by atoms with van der Waals surface area (Å²) in [5, 5.41) is 11.7. The highest BCUT2D eigenvalue weighted by Crippen LogP contribution is 2.19. The topological polar surface area (TPSA) is 75.9 Å². The van der Waals surface area contributed by atoms with Crippen LogP contribution < -0.4 is 10.2 Å². The fourth-order valence-electron chi connectivity index (χ4n) is 2.94. The van der Waals surface area contributed by atoms with Gasteiger partial charge in [-0.1, -0.05) is 11.8 Å². The van der Waals surface area contributed by atoms with Crippen LogP contribution in [0.5, 0.6) is 0 Å². The molecule has 0 unspecified atom stereocenters. The van der Waals surface area contributed by atoms with Crippen molar-refractivity contribution in [3.8, 4) is 0 Å². The summed E-state index contributed by atoms with van der Waals surface area (Å²) in [4.78, 5) is 19.0. The number of thioether (sulfide) groups is 1. The summed E-state index contributed by atoms with van der Waals surface area (Å²) < 4.78 is 1.96. The quantitative estimate of drug-likeness (QED) is 0.751. The Morgan fingerprint density at radius 3 is 2.88 bits per heavy atom. The molecule has 1 N–H and O–H groups in total. The molecule has 0 aliphatic carbocycles. The second-order valence-corrected chi connectivity index (χ2v) is 7.69. The Bertz CT molecular complexity index is 726. The van der Waals surface area contributed by atoms with E-state index in [0.29, 0.717) is 12.3 Å². The molecule has 1 aliphatic rings. The number of amides is 1. The number of carbonyl (C=O) groups is 1. The molecule has 2 aromatic heterocycles. The Morgan fingerprint density at radius 2 is 2.12 bits per heavy atom. The normalized spacial score (nSPS) is 14.7. The van der Waals surface area contributed by atoms with Crippen molar-refractivity contribution in [3.05, 3.63) is 30.2 Å². The maximum Gasteiger partial charge on any atom is 0.230 e. The molecule has 1 aliphatic heterocycles. The number of piperidine rings is 1. The van der Waals surface area contributed by atoms with Gasteiger partial charge in [0.05, 0.1) is 5.75 Å². The van der Waals surface area contributed by atoms with Gasteiger partial charge in [-0.3, -0.25) is 4.79 Å². The minimum Gasteiger partial charge on any atom is -0.357 e. The number of rotatable bonds is 7. The number of anilines is 1. The summed E-state index contributed by atoms with van der Waals surface area (Å²) in [7, 11) is 0. The molecule has 140 valence electrons. The smallest absolute Gasteiger partial charge is 0.230 e. The van der Waals surface area contributed by atoms with E-state index in [0.717, 1.165) is 29.6 Å². The van der Waals surface area contributed by atoms with E-state index in [-0.39, 0.29) is 11.9 Å². The number of nitrogens with one attached hydrogen (secondary N) is 1. The lowest BCUT2D eigenvalue weighted by Crippen LogP contribution is -2.30. The maximum absolute atomic E-state index is 12.2. The molecule has 0 radical (unpaired) electrons. The first kappa shape index (κ1) is 18.7. The second kappa shape index (κ2) is 9.02. The highest BCUT2D eigenvalue weighted by Gasteiger charge is 2.13. The Morgan fingerprint density at radius 1 is 1.31 bits per heavy atom. The summed E-state index contributed by atoms with van der Waals surface area (Å²) in [6.45, 7) is 6.78. The average molecular weight is 375 g/mol. The predicted octanol–water partition coefficient (Wildman–Crippen LogP) is 2.65. The van der Waals surface area contributed by atoms with Gasteiger partial charge in [0.1, 0.15) is 12.1 Å². The molecule has 1 amide bonds. The van der Waals surface area contributed by atoms with Crippen LogP contribution in [0.3, 0.4) is 0 Å². The highest BCUT2D eigenvalue weighted by molar-refractivity contribution is 7.99. The van der Waals surface area contributed by atoms with Gasteiger partial charge < -0.3 is 14.8 Å². The third kappa shape index (κ3) is 4.97. The largest absolute Gasteiger partial charge is 0.357 e. The van der Waals surface area contributed by atoms with Gasteiger partial charge in [0, 0.05) is 31.9 Å². The summed E-state index contributed by atoms with van der Waals surface area (Å²) in [6.07, 6.45) is 7.27. The van der Waals surface area contributed by atoms with Crippen molar-refractivity contribution in [2.75, 3.05) is 23.7 Å². The van der Waals surface area contributed by atoms with Gasteiger partial charge in [0.2, 0.25) is 5.91 Å². The molecule has 3 rings (SSSR count). The molecular weight excluding hydrogens is 348 g/mol. The Labute approximate surface area is 158 Å². The molecule has 1 saturated heterocycles. The van der Waals surface area contributed by atoms with Gasteiger partial charge >= 0.3 is 0 Å². The lowest BCUT2D eigenvalue weighted by molar-refractivity contribution is -0.118. The third-order valence-electron chi connectivity index (χ3n) is 4.41. The van der Waals surface area contributed by atoms with Crippen LogP contribution in [0.4, 0.5) is 5.82 Å². The van der Waals surface area contributed by atoms with E-state index in [4.69, 9.17) is 0 Å². The van der Waals surface area contributed by atoms with Crippen LogP contribution in [0.1, 0.15) is 44.7 Å². The Kier molecular flexibility index (Phi) is 6.49. The zero-order valence-corrected chi connectivity index (χ0v) is 16.2. The first-order valence-corrected chi connectivity index (χ1v) is 10.1. The van der Waals surface area contributed by atoms with E-state index in [1.165, 1.54) is 31.0 Å². The minimum absolute atomic E-state index is 0.00959. The number of carbonyl (C=O) groups excluding carboxylic acids is 1. The van der Waals surface area contributed by atoms with Crippen molar-refractivity contribution in [3.63, 3.8) is 0 Å². The van der Waals surface area contributed by atoms with Gasteiger partial charge in [-0.05, 0) is 50.8 Å². The standard InChI is InChI=1S/C18H26N6OS/c1-14(2)24-13-21-22-18(24)26-12-17(25)20-11-15-6-7-19-16(10-15)23-8-4-3-5-9-23/h6-7,10,13-14H,3-5,8-9,11-12H2,1-2H3,(H,20,25). The van der Waals surface area contributed by atoms with E-state index in [9.17, 15) is 4.79 Å². The summed E-state index contributed by atoms with van der Waals surface area (Å²) in [5.41, 5.74) is 1.07. The first-order chi connectivity index (χ1) is 12.6. The van der Waals surface area contributed by atoms with Crippen LogP contribution >= 0.6 is 11.8 Å². The van der Waals surface area contributed by atoms with Crippen LogP contribution in [0.25, 0.3) is 0 Å². The van der Waals surface area contributed by atoms with Gasteiger partial charge in [0.15, 0.2) is 5.16 Å². The monoisotopic (exact) mass is 374 g/mol. The van der Waals surface area contributed by atoms with E-state index >= 15 is 0 Å². The molecule has 0 atom stereocenters. The fourth-order valence-corrected chi connectivity index (χ4v) is 3.81. The number of pyridine rings is 1. The lowest BCUT2D eigenvalue weighted by Gasteiger charge is -2.27. The van der Waals surface area contributed by atoms with E-state index < -0.39 is 0 Å². The fraction of sp³-hybridized carbons (Fsp3) is 0.556. The van der Waals surface area contributed by atoms with Crippen molar-refractivity contribution < 1.29 is 4.79 Å². The predicted molar refractivity (Wildman–Crippen MR) is 103 cm³/mol. The summed E-state index contributed by atoms with van der Waals surface area (Å²) >= 11 is 1.41. The van der Waals surface area contributed by atoms with Crippen LogP contribution in [0.15, 0.2) is 29.8 Å². The van der Waals surface area contributed by atoms with Crippen molar-refractivity contribution >= 4 is 23.5 Å². The van der Waals surface area contributed by atoms with Crippen LogP contribution in [-0.2, 0) is 11.3 Å². The number of aromatic nitrogens is 4. The Balaban J connectivity index is 1.49. The molecule has 1 fully saturated rings. The molecule has 0 spiro atoms. The Hall–Kier alpha value is -2.09. The molecule has 8 heteroatoms. The molecule has 0 bridgehead atoms. The first-order valence-electron chi connectivity index (χ1n) is 9.12. The summed E-state index contributed by atoms with van der Waals surface area (Å²) in [6, 6.07) is 4.31. The van der Waals surface area contributed by atoms with Gasteiger partial charge in [-0.15, -0.1) is 10.2 Å². The van der Waals surface area contributed by atoms with Crippen molar-refractivity contribution in [2.24, 2.45) is 0 Å². The molecule has 7 nitrogen and oxygen atoms in total. The molecule has 2 aromatic rings. The van der Waals surface area contributed by atoms with Crippen molar-refractivity contribution in [1.29, 1.82) is 0 Å². The van der Waals surface area contributed by atoms with Gasteiger partial charge in [-0.25, -0.2) is 4.98 Å². The lowest BCUT2D eigenvalue weighted by atomic mass is 10.1. The zero-order chi connectivity index (χ0) is 18.4. The van der Waals surface area contributed by atoms with Crippen molar-refractivity contribution in [1.82, 2.24) is 25.1 Å². The van der Waals surface area contributed by atoms with Gasteiger partial charge in [-0.2, -0.15) is 0 Å². The van der Waals surface area contributed by atoms with Crippen LogP contribution in [-0.4, -0.2) is 44.5 Å². The number of hydrogen-bond donors (Lipinski definition) is 1. The van der Waals surface area contributed by atoms with Crippen LogP contribution in [0, 0.1) is 0 Å². The average Bonchev–Trinajstić information content (AvgIpc) is 3.15.